The van der Waals surface area contributed by atoms with Gasteiger partial charge in [-0.3, -0.25) is 0 Å². The van der Waals surface area contributed by atoms with Crippen LogP contribution < -0.4 is 15.4 Å². The molecular weight excluding hydrogens is 300 g/mol. The van der Waals surface area contributed by atoms with Gasteiger partial charge < -0.3 is 15.4 Å². The predicted octanol–water partition coefficient (Wildman–Crippen LogP) is 5.16. The molecule has 0 aliphatic rings. The van der Waals surface area contributed by atoms with Crippen molar-refractivity contribution in [2.45, 2.75) is 26.4 Å². The molecule has 1 atom stereocenters. The molecule has 0 aliphatic carbocycles. The molecule has 2 amide bonds. The maximum atomic E-state index is 11.9. The summed E-state index contributed by atoms with van der Waals surface area (Å²) in [6.07, 6.45) is 1.12. The summed E-state index contributed by atoms with van der Waals surface area (Å²) >= 11 is 5.87. The standard InChI is InChI=1S/C17H19ClN2O2/c1-3-12(2)22-16-9-7-14(8-10-16)19-17(21)20-15-6-4-5-13(18)11-15/h4-12H,3H2,1-2H3,(H2,19,20,21). The molecule has 0 bridgehead atoms. The minimum Gasteiger partial charge on any atom is -0.491 e. The van der Waals surface area contributed by atoms with E-state index in [1.807, 2.05) is 19.1 Å². The molecule has 0 saturated heterocycles. The topological polar surface area (TPSA) is 50.4 Å². The van der Waals surface area contributed by atoms with Crippen molar-refractivity contribution in [1.82, 2.24) is 0 Å². The van der Waals surface area contributed by atoms with Crippen LogP contribution >= 0.6 is 11.6 Å². The second-order valence-corrected chi connectivity index (χ2v) is 5.39. The van der Waals surface area contributed by atoms with E-state index in [-0.39, 0.29) is 12.1 Å². The van der Waals surface area contributed by atoms with Crippen LogP contribution in [0.1, 0.15) is 20.3 Å². The highest BCUT2D eigenvalue weighted by molar-refractivity contribution is 6.30. The first-order valence-electron chi connectivity index (χ1n) is 7.17. The Morgan fingerprint density at radius 2 is 1.82 bits per heavy atom. The number of amides is 2. The Bertz CT molecular complexity index is 629. The Balaban J connectivity index is 1.91. The van der Waals surface area contributed by atoms with Crippen LogP contribution in [0, 0.1) is 0 Å². The van der Waals surface area contributed by atoms with Crippen LogP contribution in [0.25, 0.3) is 0 Å². The zero-order valence-electron chi connectivity index (χ0n) is 12.6. The molecule has 2 rings (SSSR count). The first kappa shape index (κ1) is 16.2. The maximum absolute atomic E-state index is 11.9. The van der Waals surface area contributed by atoms with Gasteiger partial charge in [-0.1, -0.05) is 24.6 Å². The molecule has 2 N–H and O–H groups in total. The van der Waals surface area contributed by atoms with Gasteiger partial charge in [-0.15, -0.1) is 0 Å². The molecule has 22 heavy (non-hydrogen) atoms. The second kappa shape index (κ2) is 7.71. The molecule has 116 valence electrons. The zero-order valence-corrected chi connectivity index (χ0v) is 13.4. The number of halogens is 1. The fourth-order valence-corrected chi connectivity index (χ4v) is 1.98. The van der Waals surface area contributed by atoms with E-state index >= 15 is 0 Å². The lowest BCUT2D eigenvalue weighted by Crippen LogP contribution is -2.19. The van der Waals surface area contributed by atoms with Gasteiger partial charge in [-0.2, -0.15) is 0 Å². The van der Waals surface area contributed by atoms with Gasteiger partial charge in [-0.25, -0.2) is 4.79 Å². The smallest absolute Gasteiger partial charge is 0.323 e. The Hall–Kier alpha value is -2.20. The summed E-state index contributed by atoms with van der Waals surface area (Å²) in [6.45, 7) is 4.09. The molecule has 0 aliphatic heterocycles. The van der Waals surface area contributed by atoms with Crippen LogP contribution in [0.3, 0.4) is 0 Å². The van der Waals surface area contributed by atoms with Gasteiger partial charge in [-0.05, 0) is 55.8 Å². The lowest BCUT2D eigenvalue weighted by Gasteiger charge is -2.13. The summed E-state index contributed by atoms with van der Waals surface area (Å²) in [5, 5.41) is 6.05. The fourth-order valence-electron chi connectivity index (χ4n) is 1.79. The van der Waals surface area contributed by atoms with E-state index in [2.05, 4.69) is 17.6 Å². The molecule has 0 radical (unpaired) electrons. The largest absolute Gasteiger partial charge is 0.491 e. The molecule has 0 spiro atoms. The SMILES string of the molecule is CCC(C)Oc1ccc(NC(=O)Nc2cccc(Cl)c2)cc1. The van der Waals surface area contributed by atoms with Gasteiger partial charge in [0.15, 0.2) is 0 Å². The molecule has 1 unspecified atom stereocenters. The lowest BCUT2D eigenvalue weighted by molar-refractivity contribution is 0.217. The summed E-state index contributed by atoms with van der Waals surface area (Å²) in [4.78, 5) is 11.9. The Kier molecular flexibility index (Phi) is 5.67. The minimum atomic E-state index is -0.321. The van der Waals surface area contributed by atoms with E-state index < -0.39 is 0 Å². The van der Waals surface area contributed by atoms with Crippen molar-refractivity contribution in [3.05, 3.63) is 53.6 Å². The zero-order chi connectivity index (χ0) is 15.9. The highest BCUT2D eigenvalue weighted by Gasteiger charge is 2.04. The molecule has 0 heterocycles. The normalized spacial score (nSPS) is 11.6. The Morgan fingerprint density at radius 3 is 2.45 bits per heavy atom. The van der Waals surface area contributed by atoms with Crippen LogP contribution in [0.4, 0.5) is 16.2 Å². The van der Waals surface area contributed by atoms with Crippen LogP contribution in [-0.4, -0.2) is 12.1 Å². The number of nitrogens with one attached hydrogen (secondary N) is 2. The Morgan fingerprint density at radius 1 is 1.14 bits per heavy atom. The van der Waals surface area contributed by atoms with E-state index in [4.69, 9.17) is 16.3 Å². The van der Waals surface area contributed by atoms with E-state index in [1.54, 1.807) is 36.4 Å². The van der Waals surface area contributed by atoms with Gasteiger partial charge in [0.05, 0.1) is 6.10 Å². The summed E-state index contributed by atoms with van der Waals surface area (Å²) in [6, 6.07) is 13.9. The number of hydrogen-bond donors (Lipinski definition) is 2. The summed E-state index contributed by atoms with van der Waals surface area (Å²) in [7, 11) is 0. The average Bonchev–Trinajstić information content (AvgIpc) is 2.49. The number of carbonyl (C=O) groups excluding carboxylic acids is 1. The number of benzene rings is 2. The first-order valence-corrected chi connectivity index (χ1v) is 7.55. The average molecular weight is 319 g/mol. The van der Waals surface area contributed by atoms with Crippen molar-refractivity contribution >= 4 is 29.0 Å². The molecule has 0 aromatic heterocycles. The predicted molar refractivity (Wildman–Crippen MR) is 90.9 cm³/mol. The highest BCUT2D eigenvalue weighted by Crippen LogP contribution is 2.19. The quantitative estimate of drug-likeness (QED) is 0.799. The number of rotatable bonds is 5. The Labute approximate surface area is 135 Å². The van der Waals surface area contributed by atoms with Gasteiger partial charge in [0.1, 0.15) is 5.75 Å². The maximum Gasteiger partial charge on any atom is 0.323 e. The number of ether oxygens (including phenoxy) is 1. The van der Waals surface area contributed by atoms with E-state index in [9.17, 15) is 4.79 Å². The monoisotopic (exact) mass is 318 g/mol. The minimum absolute atomic E-state index is 0.171. The number of hydrogen-bond acceptors (Lipinski definition) is 2. The van der Waals surface area contributed by atoms with Crippen molar-refractivity contribution in [2.24, 2.45) is 0 Å². The van der Waals surface area contributed by atoms with Gasteiger partial charge >= 0.3 is 6.03 Å². The van der Waals surface area contributed by atoms with Crippen molar-refractivity contribution in [2.75, 3.05) is 10.6 Å². The van der Waals surface area contributed by atoms with Crippen LogP contribution in [0.5, 0.6) is 5.75 Å². The molecule has 4 nitrogen and oxygen atoms in total. The molecule has 5 heteroatoms. The third-order valence-electron chi connectivity index (χ3n) is 3.11. The van der Waals surface area contributed by atoms with E-state index in [0.29, 0.717) is 16.4 Å². The summed E-state index contributed by atoms with van der Waals surface area (Å²) in [5.41, 5.74) is 1.33. The summed E-state index contributed by atoms with van der Waals surface area (Å²) < 4.78 is 5.69. The molecule has 2 aromatic rings. The number of anilines is 2. The van der Waals surface area contributed by atoms with Crippen molar-refractivity contribution < 1.29 is 9.53 Å². The third-order valence-corrected chi connectivity index (χ3v) is 3.34. The highest BCUT2D eigenvalue weighted by atomic mass is 35.5. The number of carbonyl (C=O) groups is 1. The van der Waals surface area contributed by atoms with E-state index in [0.717, 1.165) is 12.2 Å². The third kappa shape index (κ3) is 4.97. The van der Waals surface area contributed by atoms with Crippen LogP contribution in [0.15, 0.2) is 48.5 Å². The summed E-state index contributed by atoms with van der Waals surface area (Å²) in [5.74, 6) is 0.787. The van der Waals surface area contributed by atoms with E-state index in [1.165, 1.54) is 0 Å². The van der Waals surface area contributed by atoms with Crippen LogP contribution in [0.2, 0.25) is 5.02 Å². The molecular formula is C17H19ClN2O2. The van der Waals surface area contributed by atoms with Gasteiger partial charge in [0, 0.05) is 16.4 Å². The van der Waals surface area contributed by atoms with Crippen molar-refractivity contribution in [3.8, 4) is 5.75 Å². The number of urea groups is 1. The first-order chi connectivity index (χ1) is 10.6. The van der Waals surface area contributed by atoms with Crippen molar-refractivity contribution in [3.63, 3.8) is 0 Å². The molecule has 2 aromatic carbocycles. The van der Waals surface area contributed by atoms with Gasteiger partial charge in [0.25, 0.3) is 0 Å². The fraction of sp³-hybridized carbons (Fsp3) is 0.235. The van der Waals surface area contributed by atoms with Crippen molar-refractivity contribution in [1.29, 1.82) is 0 Å². The molecule has 0 fully saturated rings. The van der Waals surface area contributed by atoms with Crippen LogP contribution in [-0.2, 0) is 0 Å². The lowest BCUT2D eigenvalue weighted by atomic mass is 10.3. The second-order valence-electron chi connectivity index (χ2n) is 4.95. The molecule has 0 saturated carbocycles. The van der Waals surface area contributed by atoms with Gasteiger partial charge in [0.2, 0.25) is 0 Å².